The highest BCUT2D eigenvalue weighted by atomic mass is 16.5. The number of aromatic amines is 1. The molecule has 0 saturated heterocycles. The lowest BCUT2D eigenvalue weighted by molar-refractivity contribution is 0.338. The van der Waals surface area contributed by atoms with E-state index < -0.39 is 0 Å². The van der Waals surface area contributed by atoms with Gasteiger partial charge in [-0.2, -0.15) is 0 Å². The highest BCUT2D eigenvalue weighted by Gasteiger charge is 2.07. The van der Waals surface area contributed by atoms with Crippen LogP contribution in [0.5, 0.6) is 5.75 Å². The van der Waals surface area contributed by atoms with Crippen molar-refractivity contribution in [3.05, 3.63) is 41.1 Å². The quantitative estimate of drug-likeness (QED) is 0.862. The second-order valence-electron chi connectivity index (χ2n) is 4.78. The number of nitrogens with one attached hydrogen (secondary N) is 2. The molecule has 0 radical (unpaired) electrons. The molecule has 0 atom stereocenters. The molecule has 0 aliphatic heterocycles. The molecule has 1 aromatic heterocycles. The van der Waals surface area contributed by atoms with Crippen molar-refractivity contribution in [2.45, 2.75) is 27.3 Å². The van der Waals surface area contributed by atoms with Crippen LogP contribution in [-0.2, 0) is 6.54 Å². The number of aromatic nitrogens is 1. The van der Waals surface area contributed by atoms with E-state index >= 15 is 0 Å². The van der Waals surface area contributed by atoms with Crippen LogP contribution >= 0.6 is 0 Å². The number of rotatable bonds is 5. The summed E-state index contributed by atoms with van der Waals surface area (Å²) < 4.78 is 5.57. The molecule has 2 rings (SSSR count). The Bertz CT molecular complexity index is 558. The van der Waals surface area contributed by atoms with Crippen molar-refractivity contribution in [1.29, 1.82) is 0 Å². The van der Waals surface area contributed by atoms with Gasteiger partial charge in [-0.05, 0) is 68.8 Å². The van der Waals surface area contributed by atoms with Gasteiger partial charge in [0.15, 0.2) is 0 Å². The lowest BCUT2D eigenvalue weighted by atomic mass is 10.1. The third-order valence-electron chi connectivity index (χ3n) is 3.28. The van der Waals surface area contributed by atoms with Crippen molar-refractivity contribution in [2.75, 3.05) is 13.7 Å². The van der Waals surface area contributed by atoms with Crippen molar-refractivity contribution < 1.29 is 4.74 Å². The first-order valence-electron chi connectivity index (χ1n) is 6.72. The number of H-pyrrole nitrogens is 1. The van der Waals surface area contributed by atoms with Gasteiger partial charge in [0.2, 0.25) is 0 Å². The fourth-order valence-electron chi connectivity index (χ4n) is 2.26. The molecule has 1 aromatic carbocycles. The number of aryl methyl sites for hydroxylation is 2. The van der Waals surface area contributed by atoms with E-state index in [1.165, 1.54) is 22.4 Å². The van der Waals surface area contributed by atoms with Crippen molar-refractivity contribution in [3.63, 3.8) is 0 Å². The van der Waals surface area contributed by atoms with E-state index in [0.717, 1.165) is 18.0 Å². The first kappa shape index (κ1) is 13.7. The molecular weight excluding hydrogens is 236 g/mol. The molecule has 0 unspecified atom stereocenters. The predicted molar refractivity (Wildman–Crippen MR) is 79.6 cm³/mol. The van der Waals surface area contributed by atoms with Crippen LogP contribution < -0.4 is 10.1 Å². The lowest BCUT2D eigenvalue weighted by Crippen LogP contribution is -2.04. The van der Waals surface area contributed by atoms with Crippen molar-refractivity contribution in [2.24, 2.45) is 0 Å². The number of hydrogen-bond acceptors (Lipinski definition) is 2. The fourth-order valence-corrected chi connectivity index (χ4v) is 2.26. The van der Waals surface area contributed by atoms with E-state index in [9.17, 15) is 0 Å². The van der Waals surface area contributed by atoms with Crippen LogP contribution in [-0.4, -0.2) is 18.6 Å². The van der Waals surface area contributed by atoms with Gasteiger partial charge in [-0.1, -0.05) is 0 Å². The molecule has 2 N–H and O–H groups in total. The first-order chi connectivity index (χ1) is 9.15. The Morgan fingerprint density at radius 1 is 1.21 bits per heavy atom. The van der Waals surface area contributed by atoms with Crippen LogP contribution in [0.25, 0.3) is 11.3 Å². The van der Waals surface area contributed by atoms with Gasteiger partial charge in [-0.15, -0.1) is 0 Å². The third-order valence-corrected chi connectivity index (χ3v) is 3.28. The van der Waals surface area contributed by atoms with Gasteiger partial charge < -0.3 is 15.0 Å². The average molecular weight is 258 g/mol. The van der Waals surface area contributed by atoms with Crippen molar-refractivity contribution in [1.82, 2.24) is 10.3 Å². The summed E-state index contributed by atoms with van der Waals surface area (Å²) in [5.41, 5.74) is 6.06. The SMILES string of the molecule is CCOc1ccc(-c2cc(CNC)c(C)[nH]2)cc1C. The maximum absolute atomic E-state index is 5.57. The first-order valence-corrected chi connectivity index (χ1v) is 6.72. The summed E-state index contributed by atoms with van der Waals surface area (Å²) in [5.74, 6) is 0.963. The summed E-state index contributed by atoms with van der Waals surface area (Å²) >= 11 is 0. The zero-order chi connectivity index (χ0) is 13.8. The molecule has 0 bridgehead atoms. The third kappa shape index (κ3) is 2.99. The molecule has 0 amide bonds. The molecule has 3 heteroatoms. The predicted octanol–water partition coefficient (Wildman–Crippen LogP) is 3.42. The monoisotopic (exact) mass is 258 g/mol. The summed E-state index contributed by atoms with van der Waals surface area (Å²) in [5, 5.41) is 3.19. The van der Waals surface area contributed by atoms with E-state index in [1.54, 1.807) is 0 Å². The van der Waals surface area contributed by atoms with Crippen molar-refractivity contribution >= 4 is 0 Å². The number of benzene rings is 1. The van der Waals surface area contributed by atoms with Crippen LogP contribution in [0.1, 0.15) is 23.7 Å². The van der Waals surface area contributed by atoms with Gasteiger partial charge in [-0.3, -0.25) is 0 Å². The Labute approximate surface area is 115 Å². The van der Waals surface area contributed by atoms with Crippen LogP contribution in [0.2, 0.25) is 0 Å². The van der Waals surface area contributed by atoms with Crippen LogP contribution in [0.3, 0.4) is 0 Å². The summed E-state index contributed by atoms with van der Waals surface area (Å²) in [6.07, 6.45) is 0. The Kier molecular flexibility index (Phi) is 4.27. The van der Waals surface area contributed by atoms with Crippen LogP contribution in [0, 0.1) is 13.8 Å². The Balaban J connectivity index is 2.31. The van der Waals surface area contributed by atoms with Gasteiger partial charge in [0, 0.05) is 17.9 Å². The smallest absolute Gasteiger partial charge is 0.122 e. The minimum Gasteiger partial charge on any atom is -0.494 e. The Morgan fingerprint density at radius 2 is 2.00 bits per heavy atom. The summed E-state index contributed by atoms with van der Waals surface area (Å²) in [6, 6.07) is 8.52. The summed E-state index contributed by atoms with van der Waals surface area (Å²) in [6.45, 7) is 7.79. The molecule has 19 heavy (non-hydrogen) atoms. The number of ether oxygens (including phenoxy) is 1. The largest absolute Gasteiger partial charge is 0.494 e. The van der Waals surface area contributed by atoms with Crippen LogP contribution in [0.15, 0.2) is 24.3 Å². The minimum atomic E-state index is 0.702. The number of hydrogen-bond donors (Lipinski definition) is 2. The molecule has 102 valence electrons. The molecule has 0 fully saturated rings. The maximum Gasteiger partial charge on any atom is 0.122 e. The molecule has 3 nitrogen and oxygen atoms in total. The second kappa shape index (κ2) is 5.93. The highest BCUT2D eigenvalue weighted by molar-refractivity contribution is 5.64. The molecule has 0 spiro atoms. The summed E-state index contributed by atoms with van der Waals surface area (Å²) in [7, 11) is 1.97. The van der Waals surface area contributed by atoms with E-state index in [0.29, 0.717) is 6.61 Å². The molecule has 2 aromatic rings. The highest BCUT2D eigenvalue weighted by Crippen LogP contribution is 2.27. The van der Waals surface area contributed by atoms with Crippen LogP contribution in [0.4, 0.5) is 0 Å². The van der Waals surface area contributed by atoms with Gasteiger partial charge in [0.25, 0.3) is 0 Å². The van der Waals surface area contributed by atoms with Gasteiger partial charge in [-0.25, -0.2) is 0 Å². The Morgan fingerprint density at radius 3 is 2.63 bits per heavy atom. The van der Waals surface area contributed by atoms with E-state index in [-0.39, 0.29) is 0 Å². The van der Waals surface area contributed by atoms with E-state index in [2.05, 4.69) is 42.3 Å². The lowest BCUT2D eigenvalue weighted by Gasteiger charge is -2.08. The van der Waals surface area contributed by atoms with Crippen molar-refractivity contribution in [3.8, 4) is 17.0 Å². The van der Waals surface area contributed by atoms with Gasteiger partial charge in [0.1, 0.15) is 5.75 Å². The molecule has 0 saturated carbocycles. The zero-order valence-electron chi connectivity index (χ0n) is 12.1. The van der Waals surface area contributed by atoms with Gasteiger partial charge in [0.05, 0.1) is 6.61 Å². The molecular formula is C16H22N2O. The van der Waals surface area contributed by atoms with Gasteiger partial charge >= 0.3 is 0 Å². The zero-order valence-corrected chi connectivity index (χ0v) is 12.1. The average Bonchev–Trinajstić information content (AvgIpc) is 2.74. The van der Waals surface area contributed by atoms with E-state index in [1.807, 2.05) is 20.0 Å². The minimum absolute atomic E-state index is 0.702. The normalized spacial score (nSPS) is 10.7. The second-order valence-corrected chi connectivity index (χ2v) is 4.78. The standard InChI is InChI=1S/C16H22N2O/c1-5-19-16-7-6-13(8-11(16)2)15-9-14(10-17-4)12(3)18-15/h6-9,17-18H,5,10H2,1-4H3. The topological polar surface area (TPSA) is 37.0 Å². The fraction of sp³-hybridized carbons (Fsp3) is 0.375. The maximum atomic E-state index is 5.57. The Hall–Kier alpha value is -1.74. The molecule has 0 aliphatic carbocycles. The molecule has 1 heterocycles. The molecule has 0 aliphatic rings. The summed E-state index contributed by atoms with van der Waals surface area (Å²) in [4.78, 5) is 3.44. The van der Waals surface area contributed by atoms with E-state index in [4.69, 9.17) is 4.74 Å².